The minimum atomic E-state index is 0.410. The van der Waals surface area contributed by atoms with Gasteiger partial charge < -0.3 is 11.1 Å². The smallest absolute Gasteiger partial charge is 0.129 e. The van der Waals surface area contributed by atoms with Gasteiger partial charge in [-0.3, -0.25) is 0 Å². The SMILES string of the molecule is Cc1cccnc1NC1CCC(N)CC1. The van der Waals surface area contributed by atoms with Gasteiger partial charge in [-0.2, -0.15) is 0 Å². The van der Waals surface area contributed by atoms with Gasteiger partial charge in [0, 0.05) is 18.3 Å². The quantitative estimate of drug-likeness (QED) is 0.777. The maximum Gasteiger partial charge on any atom is 0.129 e. The Morgan fingerprint density at radius 3 is 2.73 bits per heavy atom. The van der Waals surface area contributed by atoms with Crippen molar-refractivity contribution in [2.75, 3.05) is 5.32 Å². The Morgan fingerprint density at radius 2 is 2.07 bits per heavy atom. The highest BCUT2D eigenvalue weighted by atomic mass is 15.0. The number of aromatic nitrogens is 1. The monoisotopic (exact) mass is 205 g/mol. The molecule has 0 spiro atoms. The van der Waals surface area contributed by atoms with Gasteiger partial charge in [0.25, 0.3) is 0 Å². The minimum Gasteiger partial charge on any atom is -0.367 e. The number of nitrogens with one attached hydrogen (secondary N) is 1. The summed E-state index contributed by atoms with van der Waals surface area (Å²) in [7, 11) is 0. The van der Waals surface area contributed by atoms with E-state index in [2.05, 4.69) is 23.3 Å². The number of hydrogen-bond acceptors (Lipinski definition) is 3. The van der Waals surface area contributed by atoms with Gasteiger partial charge in [-0.25, -0.2) is 4.98 Å². The Bertz CT molecular complexity index is 316. The van der Waals surface area contributed by atoms with Gasteiger partial charge in [-0.1, -0.05) is 6.07 Å². The highest BCUT2D eigenvalue weighted by Gasteiger charge is 2.18. The summed E-state index contributed by atoms with van der Waals surface area (Å²) >= 11 is 0. The highest BCUT2D eigenvalue weighted by molar-refractivity contribution is 5.43. The van der Waals surface area contributed by atoms with Crippen LogP contribution in [0.15, 0.2) is 18.3 Å². The Labute approximate surface area is 91.1 Å². The van der Waals surface area contributed by atoms with Crippen LogP contribution in [-0.2, 0) is 0 Å². The summed E-state index contributed by atoms with van der Waals surface area (Å²) in [5.41, 5.74) is 7.09. The highest BCUT2D eigenvalue weighted by Crippen LogP contribution is 2.21. The molecule has 1 heterocycles. The van der Waals surface area contributed by atoms with Crippen LogP contribution in [0.2, 0.25) is 0 Å². The van der Waals surface area contributed by atoms with Crippen LogP contribution in [0.1, 0.15) is 31.2 Å². The van der Waals surface area contributed by atoms with E-state index in [0.29, 0.717) is 12.1 Å². The molecular weight excluding hydrogens is 186 g/mol. The van der Waals surface area contributed by atoms with E-state index in [0.717, 1.165) is 31.5 Å². The van der Waals surface area contributed by atoms with E-state index < -0.39 is 0 Å². The van der Waals surface area contributed by atoms with Crippen molar-refractivity contribution in [3.63, 3.8) is 0 Å². The largest absolute Gasteiger partial charge is 0.367 e. The first-order valence-electron chi connectivity index (χ1n) is 5.69. The van der Waals surface area contributed by atoms with Gasteiger partial charge in [0.15, 0.2) is 0 Å². The molecule has 2 rings (SSSR count). The zero-order valence-electron chi connectivity index (χ0n) is 9.24. The molecule has 1 fully saturated rings. The summed E-state index contributed by atoms with van der Waals surface area (Å²) in [6.45, 7) is 2.09. The second kappa shape index (κ2) is 4.62. The molecule has 1 saturated carbocycles. The molecule has 0 aromatic carbocycles. The number of nitrogens with zero attached hydrogens (tertiary/aromatic N) is 1. The zero-order chi connectivity index (χ0) is 10.7. The molecule has 82 valence electrons. The molecule has 0 aliphatic heterocycles. The number of aryl methyl sites for hydroxylation is 1. The average molecular weight is 205 g/mol. The van der Waals surface area contributed by atoms with E-state index in [1.54, 1.807) is 0 Å². The van der Waals surface area contributed by atoms with E-state index in [9.17, 15) is 0 Å². The number of anilines is 1. The first-order valence-corrected chi connectivity index (χ1v) is 5.69. The third-order valence-electron chi connectivity index (χ3n) is 3.12. The van der Waals surface area contributed by atoms with E-state index >= 15 is 0 Å². The molecular formula is C12H19N3. The molecule has 1 aromatic rings. The molecule has 0 amide bonds. The molecule has 0 saturated heterocycles. The van der Waals surface area contributed by atoms with Crippen molar-refractivity contribution >= 4 is 5.82 Å². The number of rotatable bonds is 2. The summed E-state index contributed by atoms with van der Waals surface area (Å²) in [5.74, 6) is 1.03. The summed E-state index contributed by atoms with van der Waals surface area (Å²) in [6.07, 6.45) is 6.42. The van der Waals surface area contributed by atoms with E-state index in [4.69, 9.17) is 5.73 Å². The molecule has 0 unspecified atom stereocenters. The Morgan fingerprint density at radius 1 is 1.33 bits per heavy atom. The molecule has 1 aromatic heterocycles. The maximum atomic E-state index is 5.88. The second-order valence-corrected chi connectivity index (χ2v) is 4.42. The molecule has 3 N–H and O–H groups in total. The van der Waals surface area contributed by atoms with Gasteiger partial charge >= 0.3 is 0 Å². The Kier molecular flexibility index (Phi) is 3.21. The second-order valence-electron chi connectivity index (χ2n) is 4.42. The Hall–Kier alpha value is -1.09. The zero-order valence-corrected chi connectivity index (χ0v) is 9.24. The van der Waals surface area contributed by atoms with Gasteiger partial charge in [0.2, 0.25) is 0 Å². The lowest BCUT2D eigenvalue weighted by molar-refractivity contribution is 0.410. The third kappa shape index (κ3) is 2.69. The molecule has 3 heteroatoms. The maximum absolute atomic E-state index is 5.88. The lowest BCUT2D eigenvalue weighted by Crippen LogP contribution is -2.33. The molecule has 3 nitrogen and oxygen atoms in total. The van der Waals surface area contributed by atoms with Crippen molar-refractivity contribution in [1.82, 2.24) is 4.98 Å². The number of nitrogens with two attached hydrogens (primary N) is 1. The standard InChI is InChI=1S/C12H19N3/c1-9-3-2-8-14-12(9)15-11-6-4-10(13)5-7-11/h2-3,8,10-11H,4-7,13H2,1H3,(H,14,15). The summed E-state index contributed by atoms with van der Waals surface area (Å²) in [5, 5.41) is 3.50. The van der Waals surface area contributed by atoms with Crippen molar-refractivity contribution in [2.24, 2.45) is 5.73 Å². The van der Waals surface area contributed by atoms with Crippen LogP contribution in [0, 0.1) is 6.92 Å². The molecule has 1 aliphatic carbocycles. The summed E-state index contributed by atoms with van der Waals surface area (Å²) < 4.78 is 0. The molecule has 15 heavy (non-hydrogen) atoms. The number of hydrogen-bond donors (Lipinski definition) is 2. The first kappa shape index (κ1) is 10.4. The van der Waals surface area contributed by atoms with Crippen LogP contribution in [0.4, 0.5) is 5.82 Å². The predicted octanol–water partition coefficient (Wildman–Crippen LogP) is 2.07. The van der Waals surface area contributed by atoms with Crippen LogP contribution in [0.5, 0.6) is 0 Å². The van der Waals surface area contributed by atoms with E-state index in [1.165, 1.54) is 5.56 Å². The van der Waals surface area contributed by atoms with Gasteiger partial charge in [0.1, 0.15) is 5.82 Å². The number of pyridine rings is 1. The van der Waals surface area contributed by atoms with Gasteiger partial charge in [-0.05, 0) is 44.2 Å². The van der Waals surface area contributed by atoms with E-state index in [1.807, 2.05) is 12.3 Å². The minimum absolute atomic E-state index is 0.410. The molecule has 1 aliphatic rings. The first-order chi connectivity index (χ1) is 7.25. The van der Waals surface area contributed by atoms with Gasteiger partial charge in [-0.15, -0.1) is 0 Å². The fraction of sp³-hybridized carbons (Fsp3) is 0.583. The van der Waals surface area contributed by atoms with Crippen molar-refractivity contribution in [2.45, 2.75) is 44.7 Å². The summed E-state index contributed by atoms with van der Waals surface area (Å²) in [4.78, 5) is 4.35. The average Bonchev–Trinajstić information content (AvgIpc) is 2.25. The lowest BCUT2D eigenvalue weighted by Gasteiger charge is -2.27. The van der Waals surface area contributed by atoms with Crippen LogP contribution >= 0.6 is 0 Å². The van der Waals surface area contributed by atoms with Crippen molar-refractivity contribution in [1.29, 1.82) is 0 Å². The topological polar surface area (TPSA) is 50.9 Å². The van der Waals surface area contributed by atoms with Crippen molar-refractivity contribution in [3.05, 3.63) is 23.9 Å². The van der Waals surface area contributed by atoms with Crippen molar-refractivity contribution in [3.8, 4) is 0 Å². The fourth-order valence-corrected chi connectivity index (χ4v) is 2.09. The van der Waals surface area contributed by atoms with Crippen LogP contribution in [0.25, 0.3) is 0 Å². The van der Waals surface area contributed by atoms with Crippen LogP contribution < -0.4 is 11.1 Å². The van der Waals surface area contributed by atoms with Gasteiger partial charge in [0.05, 0.1) is 0 Å². The molecule has 0 radical (unpaired) electrons. The Balaban J connectivity index is 1.95. The molecule has 0 bridgehead atoms. The third-order valence-corrected chi connectivity index (χ3v) is 3.12. The van der Waals surface area contributed by atoms with Crippen LogP contribution in [0.3, 0.4) is 0 Å². The molecule has 0 atom stereocenters. The lowest BCUT2D eigenvalue weighted by atomic mass is 9.92. The van der Waals surface area contributed by atoms with Crippen molar-refractivity contribution < 1.29 is 0 Å². The summed E-state index contributed by atoms with van der Waals surface area (Å²) in [6, 6.07) is 5.02. The van der Waals surface area contributed by atoms with E-state index in [-0.39, 0.29) is 0 Å². The van der Waals surface area contributed by atoms with Crippen LogP contribution in [-0.4, -0.2) is 17.1 Å². The fourth-order valence-electron chi connectivity index (χ4n) is 2.09. The normalized spacial score (nSPS) is 26.3. The predicted molar refractivity (Wildman–Crippen MR) is 62.8 cm³/mol.